The topological polar surface area (TPSA) is 56.8 Å². The molecule has 1 N–H and O–H groups in total. The number of hydrogen-bond acceptors (Lipinski definition) is 5. The summed E-state index contributed by atoms with van der Waals surface area (Å²) in [7, 11) is 1.62. The van der Waals surface area contributed by atoms with E-state index in [-0.39, 0.29) is 25.3 Å². The number of piperidine rings is 1. The molecule has 1 aromatic carbocycles. The second kappa shape index (κ2) is 7.87. The quantitative estimate of drug-likeness (QED) is 0.800. The van der Waals surface area contributed by atoms with Crippen LogP contribution in [-0.4, -0.2) is 38.9 Å². The Morgan fingerprint density at radius 2 is 1.95 bits per heavy atom. The van der Waals surface area contributed by atoms with Crippen LogP contribution >= 0.6 is 0 Å². The summed E-state index contributed by atoms with van der Waals surface area (Å²) in [6.45, 7) is 2.19. The highest BCUT2D eigenvalue weighted by Crippen LogP contribution is 2.12. The van der Waals surface area contributed by atoms with E-state index in [0.717, 1.165) is 37.2 Å². The summed E-state index contributed by atoms with van der Waals surface area (Å²) in [5, 5.41) is 3.25. The van der Waals surface area contributed by atoms with E-state index in [0.29, 0.717) is 0 Å². The summed E-state index contributed by atoms with van der Waals surface area (Å²) < 4.78 is 15.8. The number of methoxy groups -OCH3 is 1. The summed E-state index contributed by atoms with van der Waals surface area (Å²) in [6.07, 6.45) is 2.07. The van der Waals surface area contributed by atoms with Gasteiger partial charge in [-0.2, -0.15) is 0 Å². The van der Waals surface area contributed by atoms with Gasteiger partial charge in [0.25, 0.3) is 0 Å². The van der Waals surface area contributed by atoms with Crippen LogP contribution in [0.25, 0.3) is 0 Å². The zero-order chi connectivity index (χ0) is 14.2. The van der Waals surface area contributed by atoms with Gasteiger partial charge in [0.2, 0.25) is 0 Å². The lowest BCUT2D eigenvalue weighted by Gasteiger charge is -2.22. The second-order valence-corrected chi connectivity index (χ2v) is 4.77. The van der Waals surface area contributed by atoms with E-state index >= 15 is 0 Å². The smallest absolute Gasteiger partial charge is 0.332 e. The molecule has 5 heteroatoms. The molecule has 0 bridgehead atoms. The maximum absolute atomic E-state index is 11.6. The first-order chi connectivity index (χ1) is 9.78. The van der Waals surface area contributed by atoms with Crippen LogP contribution in [0.4, 0.5) is 0 Å². The zero-order valence-electron chi connectivity index (χ0n) is 11.8. The molecular formula is C15H21NO4. The molecule has 5 nitrogen and oxygen atoms in total. The molecule has 1 heterocycles. The average Bonchev–Trinajstić information content (AvgIpc) is 2.52. The molecule has 1 aliphatic heterocycles. The number of benzene rings is 1. The van der Waals surface area contributed by atoms with Crippen LogP contribution in [0.5, 0.6) is 5.75 Å². The SMILES string of the molecule is COc1ccc(COC(=O)COC2CCNCC2)cc1. The molecule has 0 radical (unpaired) electrons. The van der Waals surface area contributed by atoms with Gasteiger partial charge in [0.05, 0.1) is 13.2 Å². The molecule has 0 aromatic heterocycles. The minimum atomic E-state index is -0.320. The highest BCUT2D eigenvalue weighted by atomic mass is 16.6. The average molecular weight is 279 g/mol. The van der Waals surface area contributed by atoms with Crippen molar-refractivity contribution in [3.8, 4) is 5.75 Å². The summed E-state index contributed by atoms with van der Waals surface area (Å²) >= 11 is 0. The van der Waals surface area contributed by atoms with Crippen molar-refractivity contribution < 1.29 is 19.0 Å². The van der Waals surface area contributed by atoms with Gasteiger partial charge in [-0.3, -0.25) is 0 Å². The highest BCUT2D eigenvalue weighted by molar-refractivity contribution is 5.70. The van der Waals surface area contributed by atoms with Crippen LogP contribution < -0.4 is 10.1 Å². The lowest BCUT2D eigenvalue weighted by molar-refractivity contribution is -0.152. The Hall–Kier alpha value is -1.59. The first-order valence-electron chi connectivity index (χ1n) is 6.89. The maximum atomic E-state index is 11.6. The molecule has 110 valence electrons. The van der Waals surface area contributed by atoms with Crippen molar-refractivity contribution in [2.75, 3.05) is 26.8 Å². The van der Waals surface area contributed by atoms with Gasteiger partial charge in [0.1, 0.15) is 19.0 Å². The molecule has 1 aliphatic rings. The van der Waals surface area contributed by atoms with Crippen LogP contribution in [0, 0.1) is 0 Å². The number of hydrogen-bond donors (Lipinski definition) is 1. The monoisotopic (exact) mass is 279 g/mol. The second-order valence-electron chi connectivity index (χ2n) is 4.77. The predicted octanol–water partition coefficient (Wildman–Crippen LogP) is 1.51. The van der Waals surface area contributed by atoms with E-state index in [1.807, 2.05) is 24.3 Å². The van der Waals surface area contributed by atoms with Crippen LogP contribution in [-0.2, 0) is 20.9 Å². The van der Waals surface area contributed by atoms with Crippen molar-refractivity contribution in [1.29, 1.82) is 0 Å². The standard InChI is InChI=1S/C15H21NO4/c1-18-13-4-2-12(3-5-13)10-20-15(17)11-19-14-6-8-16-9-7-14/h2-5,14,16H,6-11H2,1H3. The van der Waals surface area contributed by atoms with Crippen LogP contribution in [0.15, 0.2) is 24.3 Å². The Kier molecular flexibility index (Phi) is 5.83. The van der Waals surface area contributed by atoms with Gasteiger partial charge in [-0.1, -0.05) is 12.1 Å². The molecular weight excluding hydrogens is 258 g/mol. The highest BCUT2D eigenvalue weighted by Gasteiger charge is 2.15. The van der Waals surface area contributed by atoms with Crippen LogP contribution in [0.3, 0.4) is 0 Å². The molecule has 2 rings (SSSR count). The first kappa shape index (κ1) is 14.8. The molecule has 0 aliphatic carbocycles. The predicted molar refractivity (Wildman–Crippen MR) is 74.6 cm³/mol. The summed E-state index contributed by atoms with van der Waals surface area (Å²) in [5.41, 5.74) is 0.931. The Balaban J connectivity index is 1.66. The van der Waals surface area contributed by atoms with Gasteiger partial charge in [-0.05, 0) is 43.6 Å². The van der Waals surface area contributed by atoms with Gasteiger partial charge in [-0.25, -0.2) is 4.79 Å². The third-order valence-electron chi connectivity index (χ3n) is 3.28. The zero-order valence-corrected chi connectivity index (χ0v) is 11.8. The van der Waals surface area contributed by atoms with E-state index in [9.17, 15) is 4.79 Å². The fourth-order valence-electron chi connectivity index (χ4n) is 2.08. The molecule has 0 atom stereocenters. The fraction of sp³-hybridized carbons (Fsp3) is 0.533. The van der Waals surface area contributed by atoms with Crippen molar-refractivity contribution >= 4 is 5.97 Å². The van der Waals surface area contributed by atoms with Gasteiger partial charge in [-0.15, -0.1) is 0 Å². The Bertz CT molecular complexity index is 412. The van der Waals surface area contributed by atoms with Crippen LogP contribution in [0.1, 0.15) is 18.4 Å². The van der Waals surface area contributed by atoms with Crippen molar-refractivity contribution in [2.45, 2.75) is 25.6 Å². The molecule has 0 spiro atoms. The minimum absolute atomic E-state index is 0.0286. The molecule has 0 amide bonds. The number of nitrogens with one attached hydrogen (secondary N) is 1. The summed E-state index contributed by atoms with van der Waals surface area (Å²) in [6, 6.07) is 7.43. The van der Waals surface area contributed by atoms with E-state index in [1.165, 1.54) is 0 Å². The number of esters is 1. The lowest BCUT2D eigenvalue weighted by Crippen LogP contribution is -2.33. The van der Waals surface area contributed by atoms with Crippen molar-refractivity contribution in [3.05, 3.63) is 29.8 Å². The Labute approximate surface area is 119 Å². The fourth-order valence-corrected chi connectivity index (χ4v) is 2.08. The Morgan fingerprint density at radius 1 is 1.25 bits per heavy atom. The van der Waals surface area contributed by atoms with Crippen molar-refractivity contribution in [3.63, 3.8) is 0 Å². The maximum Gasteiger partial charge on any atom is 0.332 e. The van der Waals surface area contributed by atoms with Gasteiger partial charge < -0.3 is 19.5 Å². The number of carbonyl (C=O) groups is 1. The molecule has 1 fully saturated rings. The van der Waals surface area contributed by atoms with Gasteiger partial charge in [0.15, 0.2) is 0 Å². The summed E-state index contributed by atoms with van der Waals surface area (Å²) in [5.74, 6) is 0.466. The number of carbonyl (C=O) groups excluding carboxylic acids is 1. The van der Waals surface area contributed by atoms with Gasteiger partial charge >= 0.3 is 5.97 Å². The molecule has 0 saturated carbocycles. The van der Waals surface area contributed by atoms with Crippen LogP contribution in [0.2, 0.25) is 0 Å². The van der Waals surface area contributed by atoms with Crippen molar-refractivity contribution in [2.24, 2.45) is 0 Å². The molecule has 20 heavy (non-hydrogen) atoms. The third kappa shape index (κ3) is 4.83. The lowest BCUT2D eigenvalue weighted by atomic mass is 10.1. The third-order valence-corrected chi connectivity index (χ3v) is 3.28. The molecule has 1 aromatic rings. The van der Waals surface area contributed by atoms with Gasteiger partial charge in [0, 0.05) is 0 Å². The van der Waals surface area contributed by atoms with E-state index in [1.54, 1.807) is 7.11 Å². The number of rotatable bonds is 6. The normalized spacial score (nSPS) is 15.8. The van der Waals surface area contributed by atoms with E-state index in [4.69, 9.17) is 14.2 Å². The molecule has 0 unspecified atom stereocenters. The minimum Gasteiger partial charge on any atom is -0.497 e. The Morgan fingerprint density at radius 3 is 2.60 bits per heavy atom. The van der Waals surface area contributed by atoms with E-state index < -0.39 is 0 Å². The van der Waals surface area contributed by atoms with E-state index in [2.05, 4.69) is 5.32 Å². The first-order valence-corrected chi connectivity index (χ1v) is 6.89. The van der Waals surface area contributed by atoms with Crippen molar-refractivity contribution in [1.82, 2.24) is 5.32 Å². The number of ether oxygens (including phenoxy) is 3. The largest absolute Gasteiger partial charge is 0.497 e. The molecule has 1 saturated heterocycles. The summed E-state index contributed by atoms with van der Waals surface area (Å²) in [4.78, 5) is 11.6.